The lowest BCUT2D eigenvalue weighted by molar-refractivity contribution is -0.137. The molecule has 0 aromatic heterocycles. The summed E-state index contributed by atoms with van der Waals surface area (Å²) in [5, 5.41) is 12.4. The molecule has 0 bridgehead atoms. The van der Waals surface area contributed by atoms with E-state index < -0.39 is 0 Å². The second kappa shape index (κ2) is 8.66. The van der Waals surface area contributed by atoms with E-state index >= 15 is 0 Å². The van der Waals surface area contributed by atoms with Gasteiger partial charge in [-0.3, -0.25) is 9.59 Å². The molecule has 1 aliphatic carbocycles. The number of hydrogen-bond donors (Lipinski definition) is 1. The number of carbonyl (C=O) groups is 2. The molecule has 25 heavy (non-hydrogen) atoms. The second-order valence-electron chi connectivity index (χ2n) is 7.69. The Morgan fingerprint density at radius 1 is 0.960 bits per heavy atom. The molecule has 138 valence electrons. The fourth-order valence-electron chi connectivity index (χ4n) is 4.45. The number of amides is 2. The Balaban J connectivity index is 1.38. The van der Waals surface area contributed by atoms with E-state index in [1.165, 1.54) is 6.42 Å². The van der Waals surface area contributed by atoms with Crippen LogP contribution in [0.3, 0.4) is 0 Å². The summed E-state index contributed by atoms with van der Waals surface area (Å²) in [6.45, 7) is 2.88. The highest BCUT2D eigenvalue weighted by Crippen LogP contribution is 2.27. The smallest absolute Gasteiger partial charge is 0.237 e. The van der Waals surface area contributed by atoms with E-state index in [1.807, 2.05) is 0 Å². The van der Waals surface area contributed by atoms with Crippen LogP contribution >= 0.6 is 0 Å². The van der Waals surface area contributed by atoms with Gasteiger partial charge in [0.15, 0.2) is 0 Å². The van der Waals surface area contributed by atoms with Gasteiger partial charge in [-0.1, -0.05) is 0 Å². The fourth-order valence-corrected chi connectivity index (χ4v) is 4.45. The third kappa shape index (κ3) is 4.52. The third-order valence-corrected chi connectivity index (χ3v) is 6.01. The molecule has 1 N–H and O–H groups in total. The SMILES string of the molecule is N#C[C@@H]1CCCN1C(=O)CN[C@H]1CC[C@H](C(=O)N2CCCCC2)CC1. The maximum atomic E-state index is 12.6. The zero-order valence-electron chi connectivity index (χ0n) is 15.1. The summed E-state index contributed by atoms with van der Waals surface area (Å²) >= 11 is 0. The van der Waals surface area contributed by atoms with Crippen molar-refractivity contribution < 1.29 is 9.59 Å². The highest BCUT2D eigenvalue weighted by Gasteiger charge is 2.31. The molecule has 3 fully saturated rings. The first-order valence-electron chi connectivity index (χ1n) is 9.90. The van der Waals surface area contributed by atoms with E-state index in [2.05, 4.69) is 16.3 Å². The first kappa shape index (κ1) is 18.2. The topological polar surface area (TPSA) is 76.4 Å². The number of hydrogen-bond acceptors (Lipinski definition) is 4. The van der Waals surface area contributed by atoms with Gasteiger partial charge < -0.3 is 15.1 Å². The van der Waals surface area contributed by atoms with Gasteiger partial charge in [-0.25, -0.2) is 0 Å². The molecule has 0 unspecified atom stereocenters. The van der Waals surface area contributed by atoms with Crippen molar-refractivity contribution in [3.05, 3.63) is 0 Å². The summed E-state index contributed by atoms with van der Waals surface area (Å²) in [5.41, 5.74) is 0. The number of nitrogens with one attached hydrogen (secondary N) is 1. The van der Waals surface area contributed by atoms with Crippen LogP contribution in [0.15, 0.2) is 0 Å². The number of likely N-dealkylation sites (tertiary alicyclic amines) is 2. The lowest BCUT2D eigenvalue weighted by Crippen LogP contribution is -2.46. The lowest BCUT2D eigenvalue weighted by atomic mass is 9.85. The van der Waals surface area contributed by atoms with E-state index in [1.54, 1.807) is 4.90 Å². The molecule has 2 saturated heterocycles. The maximum Gasteiger partial charge on any atom is 0.237 e. The summed E-state index contributed by atoms with van der Waals surface area (Å²) < 4.78 is 0. The van der Waals surface area contributed by atoms with Crippen LogP contribution in [0.1, 0.15) is 57.8 Å². The largest absolute Gasteiger partial charge is 0.342 e. The minimum Gasteiger partial charge on any atom is -0.342 e. The Morgan fingerprint density at radius 2 is 1.68 bits per heavy atom. The second-order valence-corrected chi connectivity index (χ2v) is 7.69. The summed E-state index contributed by atoms with van der Waals surface area (Å²) in [6.07, 6.45) is 9.02. The van der Waals surface area contributed by atoms with Crippen molar-refractivity contribution in [3.63, 3.8) is 0 Å². The minimum absolute atomic E-state index is 0.0376. The number of nitrogens with zero attached hydrogens (tertiary/aromatic N) is 3. The molecule has 0 radical (unpaired) electrons. The molecule has 6 heteroatoms. The van der Waals surface area contributed by atoms with Crippen molar-refractivity contribution >= 4 is 11.8 Å². The molecule has 2 aliphatic heterocycles. The molecule has 2 heterocycles. The average molecular weight is 346 g/mol. The van der Waals surface area contributed by atoms with Gasteiger partial charge in [0, 0.05) is 31.6 Å². The van der Waals surface area contributed by atoms with Crippen LogP contribution in [0.2, 0.25) is 0 Å². The molecule has 3 rings (SSSR count). The molecule has 0 spiro atoms. The Morgan fingerprint density at radius 3 is 2.36 bits per heavy atom. The van der Waals surface area contributed by atoms with Crippen LogP contribution in [0.5, 0.6) is 0 Å². The van der Waals surface area contributed by atoms with E-state index in [-0.39, 0.29) is 17.9 Å². The minimum atomic E-state index is -0.243. The van der Waals surface area contributed by atoms with Crippen molar-refractivity contribution in [1.82, 2.24) is 15.1 Å². The molecular weight excluding hydrogens is 316 g/mol. The monoisotopic (exact) mass is 346 g/mol. The standard InChI is InChI=1S/C19H30N4O2/c20-13-17-5-4-12-23(17)18(24)14-21-16-8-6-15(7-9-16)19(25)22-10-2-1-3-11-22/h15-17,21H,1-12,14H2/t15-,16-,17-/m0/s1. The molecule has 0 aromatic rings. The fraction of sp³-hybridized carbons (Fsp3) is 0.842. The van der Waals surface area contributed by atoms with Gasteiger partial charge in [-0.05, 0) is 57.8 Å². The normalized spacial score (nSPS) is 30.1. The van der Waals surface area contributed by atoms with Gasteiger partial charge in [0.1, 0.15) is 6.04 Å². The van der Waals surface area contributed by atoms with Gasteiger partial charge >= 0.3 is 0 Å². The highest BCUT2D eigenvalue weighted by molar-refractivity contribution is 5.79. The number of piperidine rings is 1. The lowest BCUT2D eigenvalue weighted by Gasteiger charge is -2.34. The van der Waals surface area contributed by atoms with Crippen LogP contribution in [0.4, 0.5) is 0 Å². The number of rotatable bonds is 4. The van der Waals surface area contributed by atoms with Crippen molar-refractivity contribution in [2.45, 2.75) is 69.9 Å². The first-order chi connectivity index (χ1) is 12.2. The van der Waals surface area contributed by atoms with Gasteiger partial charge in [0.25, 0.3) is 0 Å². The van der Waals surface area contributed by atoms with E-state index in [4.69, 9.17) is 5.26 Å². The van der Waals surface area contributed by atoms with Crippen molar-refractivity contribution in [3.8, 4) is 6.07 Å². The summed E-state index contributed by atoms with van der Waals surface area (Å²) in [6, 6.07) is 2.29. The Hall–Kier alpha value is -1.61. The summed E-state index contributed by atoms with van der Waals surface area (Å²) in [7, 11) is 0. The van der Waals surface area contributed by atoms with Crippen molar-refractivity contribution in [2.24, 2.45) is 5.92 Å². The Bertz CT molecular complexity index is 516. The van der Waals surface area contributed by atoms with Crippen LogP contribution in [0.25, 0.3) is 0 Å². The zero-order chi connectivity index (χ0) is 17.6. The van der Waals surface area contributed by atoms with Gasteiger partial charge in [-0.2, -0.15) is 5.26 Å². The predicted molar refractivity (Wildman–Crippen MR) is 94.5 cm³/mol. The van der Waals surface area contributed by atoms with Crippen LogP contribution < -0.4 is 5.32 Å². The number of carbonyl (C=O) groups excluding carboxylic acids is 2. The van der Waals surface area contributed by atoms with E-state index in [0.717, 1.165) is 64.5 Å². The molecule has 2 amide bonds. The maximum absolute atomic E-state index is 12.6. The molecule has 3 aliphatic rings. The quantitative estimate of drug-likeness (QED) is 0.840. The number of nitriles is 1. The summed E-state index contributed by atoms with van der Waals surface area (Å²) in [4.78, 5) is 28.6. The molecular formula is C19H30N4O2. The van der Waals surface area contributed by atoms with Crippen molar-refractivity contribution in [1.29, 1.82) is 5.26 Å². The van der Waals surface area contributed by atoms with Crippen LogP contribution in [0, 0.1) is 17.2 Å². The third-order valence-electron chi connectivity index (χ3n) is 6.01. The van der Waals surface area contributed by atoms with Gasteiger partial charge in [0.05, 0.1) is 12.6 Å². The van der Waals surface area contributed by atoms with Crippen LogP contribution in [-0.2, 0) is 9.59 Å². The Kier molecular flexibility index (Phi) is 6.30. The predicted octanol–water partition coefficient (Wildman–Crippen LogP) is 1.66. The zero-order valence-corrected chi connectivity index (χ0v) is 15.1. The molecule has 1 saturated carbocycles. The highest BCUT2D eigenvalue weighted by atomic mass is 16.2. The average Bonchev–Trinajstić information content (AvgIpc) is 3.15. The molecule has 0 aromatic carbocycles. The summed E-state index contributed by atoms with van der Waals surface area (Å²) in [5.74, 6) is 0.562. The van der Waals surface area contributed by atoms with Crippen LogP contribution in [-0.4, -0.2) is 59.9 Å². The van der Waals surface area contributed by atoms with E-state index in [0.29, 0.717) is 25.0 Å². The van der Waals surface area contributed by atoms with Crippen molar-refractivity contribution in [2.75, 3.05) is 26.2 Å². The molecule has 6 nitrogen and oxygen atoms in total. The first-order valence-corrected chi connectivity index (χ1v) is 9.90. The van der Waals surface area contributed by atoms with Gasteiger partial charge in [-0.15, -0.1) is 0 Å². The molecule has 1 atom stereocenters. The Labute approximate surface area is 150 Å². The van der Waals surface area contributed by atoms with E-state index in [9.17, 15) is 9.59 Å². The van der Waals surface area contributed by atoms with Gasteiger partial charge in [0.2, 0.25) is 11.8 Å².